The van der Waals surface area contributed by atoms with E-state index in [9.17, 15) is 0 Å². The number of methoxy groups -OCH3 is 1. The largest absolute Gasteiger partial charge is 0.380 e. The monoisotopic (exact) mass is 327 g/mol. The van der Waals surface area contributed by atoms with E-state index in [0.29, 0.717) is 18.7 Å². The number of pyridine rings is 1. The average Bonchev–Trinajstić information content (AvgIpc) is 2.60. The topological polar surface area (TPSA) is 51.4 Å². The molecule has 2 aliphatic rings. The lowest BCUT2D eigenvalue weighted by Crippen LogP contribution is -2.45. The highest BCUT2D eigenvalue weighted by atomic mass is 16.5. The highest BCUT2D eigenvalue weighted by Gasteiger charge is 2.26. The van der Waals surface area contributed by atoms with Gasteiger partial charge in [0.15, 0.2) is 0 Å². The van der Waals surface area contributed by atoms with Gasteiger partial charge in [0.1, 0.15) is 0 Å². The van der Waals surface area contributed by atoms with Gasteiger partial charge in [0, 0.05) is 37.6 Å². The molecule has 0 radical (unpaired) electrons. The van der Waals surface area contributed by atoms with Crippen LogP contribution in [0.25, 0.3) is 5.57 Å². The van der Waals surface area contributed by atoms with Crippen molar-refractivity contribution in [1.29, 1.82) is 0 Å². The predicted molar refractivity (Wildman–Crippen MR) is 98.8 cm³/mol. The van der Waals surface area contributed by atoms with E-state index in [1.54, 1.807) is 0 Å². The number of likely N-dealkylation sites (tertiary alicyclic amines) is 1. The van der Waals surface area contributed by atoms with Crippen molar-refractivity contribution in [3.8, 4) is 0 Å². The second kappa shape index (κ2) is 7.60. The molecule has 2 heterocycles. The summed E-state index contributed by atoms with van der Waals surface area (Å²) in [6.45, 7) is 6.84. The van der Waals surface area contributed by atoms with Crippen LogP contribution in [0, 0.1) is 13.8 Å². The summed E-state index contributed by atoms with van der Waals surface area (Å²) in [6, 6.07) is 4.75. The van der Waals surface area contributed by atoms with Crippen LogP contribution < -0.4 is 5.73 Å². The van der Waals surface area contributed by atoms with E-state index >= 15 is 0 Å². The zero-order chi connectivity index (χ0) is 17.1. The Hall–Kier alpha value is -1.49. The van der Waals surface area contributed by atoms with Crippen LogP contribution in [0.15, 0.2) is 29.9 Å². The predicted octanol–water partition coefficient (Wildman–Crippen LogP) is 2.85. The van der Waals surface area contributed by atoms with Gasteiger partial charge < -0.3 is 10.5 Å². The van der Waals surface area contributed by atoms with Crippen molar-refractivity contribution in [3.63, 3.8) is 0 Å². The zero-order valence-corrected chi connectivity index (χ0v) is 15.1. The first kappa shape index (κ1) is 17.3. The Labute approximate surface area is 145 Å². The molecule has 24 heavy (non-hydrogen) atoms. The molecule has 1 aromatic rings. The summed E-state index contributed by atoms with van der Waals surface area (Å²) in [5.41, 5.74) is 12.0. The summed E-state index contributed by atoms with van der Waals surface area (Å²) in [5, 5.41) is 0. The average molecular weight is 327 g/mol. The molecule has 0 aromatic carbocycles. The normalized spacial score (nSPS) is 25.3. The minimum absolute atomic E-state index is 0.365. The van der Waals surface area contributed by atoms with Gasteiger partial charge in [-0.2, -0.15) is 0 Å². The number of aromatic nitrogens is 1. The van der Waals surface area contributed by atoms with Crippen LogP contribution in [0.5, 0.6) is 0 Å². The summed E-state index contributed by atoms with van der Waals surface area (Å²) in [4.78, 5) is 7.03. The first-order chi connectivity index (χ1) is 11.6. The molecule has 0 bridgehead atoms. The van der Waals surface area contributed by atoms with Gasteiger partial charge in [-0.15, -0.1) is 0 Å². The second-order valence-electron chi connectivity index (χ2n) is 6.95. The third-order valence-corrected chi connectivity index (χ3v) is 5.13. The minimum Gasteiger partial charge on any atom is -0.380 e. The lowest BCUT2D eigenvalue weighted by molar-refractivity contribution is 0.0220. The summed E-state index contributed by atoms with van der Waals surface area (Å²) in [5.74, 6) is 0. The molecule has 1 aliphatic carbocycles. The standard InChI is InChI=1S/C20H29N3O/c1-14-9-16(10-15(2)22-14)20-7-6-18(11-17(20)12-21)23-8-4-5-19(13-23)24-3/h7,9-11,18-19H,4-6,8,12-13,21H2,1-3H3/t18?,19-/m0/s1. The molecule has 0 spiro atoms. The molecule has 4 nitrogen and oxygen atoms in total. The molecule has 0 amide bonds. The van der Waals surface area contributed by atoms with E-state index in [2.05, 4.69) is 34.2 Å². The fraction of sp³-hybridized carbons (Fsp3) is 0.550. The maximum absolute atomic E-state index is 6.08. The number of nitrogens with two attached hydrogens (primary N) is 1. The Kier molecular flexibility index (Phi) is 5.49. The fourth-order valence-electron chi connectivity index (χ4n) is 3.95. The Morgan fingerprint density at radius 2 is 2.04 bits per heavy atom. The van der Waals surface area contributed by atoms with Crippen LogP contribution >= 0.6 is 0 Å². The third-order valence-electron chi connectivity index (χ3n) is 5.13. The fourth-order valence-corrected chi connectivity index (χ4v) is 3.95. The van der Waals surface area contributed by atoms with E-state index in [1.165, 1.54) is 29.6 Å². The zero-order valence-electron chi connectivity index (χ0n) is 15.1. The van der Waals surface area contributed by atoms with Crippen LogP contribution in [-0.2, 0) is 4.74 Å². The molecule has 1 aromatic heterocycles. The third kappa shape index (κ3) is 3.77. The summed E-state index contributed by atoms with van der Waals surface area (Å²) < 4.78 is 5.57. The van der Waals surface area contributed by atoms with E-state index in [-0.39, 0.29) is 0 Å². The summed E-state index contributed by atoms with van der Waals surface area (Å²) in [6.07, 6.45) is 8.51. The smallest absolute Gasteiger partial charge is 0.0698 e. The minimum atomic E-state index is 0.365. The van der Waals surface area contributed by atoms with Crippen molar-refractivity contribution in [2.75, 3.05) is 26.7 Å². The van der Waals surface area contributed by atoms with Crippen molar-refractivity contribution >= 4 is 5.57 Å². The Balaban J connectivity index is 1.81. The number of rotatable bonds is 4. The second-order valence-corrected chi connectivity index (χ2v) is 6.95. The number of ether oxygens (including phenoxy) is 1. The maximum Gasteiger partial charge on any atom is 0.0698 e. The molecular weight excluding hydrogens is 298 g/mol. The van der Waals surface area contributed by atoms with Gasteiger partial charge in [-0.05, 0) is 68.5 Å². The van der Waals surface area contributed by atoms with E-state index in [0.717, 1.165) is 30.9 Å². The molecule has 0 saturated carbocycles. The number of hydrogen-bond acceptors (Lipinski definition) is 4. The summed E-state index contributed by atoms with van der Waals surface area (Å²) in [7, 11) is 1.82. The highest BCUT2D eigenvalue weighted by Crippen LogP contribution is 2.31. The molecule has 1 fully saturated rings. The first-order valence-electron chi connectivity index (χ1n) is 8.94. The SMILES string of the molecule is CO[C@H]1CCCN(C2C=C(CN)C(c3cc(C)nc(C)c3)=CC2)C1. The lowest BCUT2D eigenvalue weighted by Gasteiger charge is -2.38. The Morgan fingerprint density at radius 1 is 1.29 bits per heavy atom. The van der Waals surface area contributed by atoms with E-state index in [4.69, 9.17) is 10.5 Å². The van der Waals surface area contributed by atoms with Gasteiger partial charge in [0.05, 0.1) is 6.10 Å². The Morgan fingerprint density at radius 3 is 2.71 bits per heavy atom. The number of hydrogen-bond donors (Lipinski definition) is 1. The molecule has 1 unspecified atom stereocenters. The molecule has 2 N–H and O–H groups in total. The molecule has 4 heteroatoms. The van der Waals surface area contributed by atoms with Crippen LogP contribution in [0.4, 0.5) is 0 Å². The summed E-state index contributed by atoms with van der Waals surface area (Å²) >= 11 is 0. The van der Waals surface area contributed by atoms with E-state index in [1.807, 2.05) is 21.0 Å². The van der Waals surface area contributed by atoms with Gasteiger partial charge in [-0.3, -0.25) is 9.88 Å². The first-order valence-corrected chi connectivity index (χ1v) is 8.94. The lowest BCUT2D eigenvalue weighted by atomic mass is 9.88. The number of piperidine rings is 1. The molecule has 2 atom stereocenters. The van der Waals surface area contributed by atoms with Crippen molar-refractivity contribution in [2.24, 2.45) is 5.73 Å². The van der Waals surface area contributed by atoms with Crippen LogP contribution in [-0.4, -0.2) is 48.8 Å². The molecule has 1 aliphatic heterocycles. The molecular formula is C20H29N3O. The van der Waals surface area contributed by atoms with E-state index < -0.39 is 0 Å². The van der Waals surface area contributed by atoms with Gasteiger partial charge in [0.2, 0.25) is 0 Å². The van der Waals surface area contributed by atoms with Gasteiger partial charge >= 0.3 is 0 Å². The molecule has 3 rings (SSSR count). The molecule has 130 valence electrons. The molecule has 1 saturated heterocycles. The quantitative estimate of drug-likeness (QED) is 0.924. The van der Waals surface area contributed by atoms with Crippen molar-refractivity contribution in [2.45, 2.75) is 45.3 Å². The van der Waals surface area contributed by atoms with Crippen LogP contribution in [0.3, 0.4) is 0 Å². The van der Waals surface area contributed by atoms with Crippen molar-refractivity contribution in [3.05, 3.63) is 46.8 Å². The highest BCUT2D eigenvalue weighted by molar-refractivity contribution is 5.80. The number of aryl methyl sites for hydroxylation is 2. The van der Waals surface area contributed by atoms with Crippen LogP contribution in [0.2, 0.25) is 0 Å². The van der Waals surface area contributed by atoms with Gasteiger partial charge in [-0.1, -0.05) is 12.2 Å². The van der Waals surface area contributed by atoms with Crippen molar-refractivity contribution in [1.82, 2.24) is 9.88 Å². The van der Waals surface area contributed by atoms with Gasteiger partial charge in [0.25, 0.3) is 0 Å². The van der Waals surface area contributed by atoms with Crippen LogP contribution in [0.1, 0.15) is 36.2 Å². The van der Waals surface area contributed by atoms with Gasteiger partial charge in [-0.25, -0.2) is 0 Å². The number of nitrogens with zero attached hydrogens (tertiary/aromatic N) is 2. The van der Waals surface area contributed by atoms with Crippen molar-refractivity contribution < 1.29 is 4.74 Å². The maximum atomic E-state index is 6.08. The Bertz CT molecular complexity index is 630.